The van der Waals surface area contributed by atoms with Crippen molar-refractivity contribution in [3.8, 4) is 0 Å². The van der Waals surface area contributed by atoms with Gasteiger partial charge in [0.15, 0.2) is 0 Å². The second-order valence-corrected chi connectivity index (χ2v) is 7.79. The molecular formula is C17H32N2O2. The quantitative estimate of drug-likeness (QED) is 0.838. The molecule has 0 aromatic heterocycles. The maximum absolute atomic E-state index is 11.8. The summed E-state index contributed by atoms with van der Waals surface area (Å²) in [6.45, 7) is 8.11. The fraction of sp³-hybridized carbons (Fsp3) is 0.941. The van der Waals surface area contributed by atoms with Crippen molar-refractivity contribution in [2.24, 2.45) is 11.8 Å². The number of hydrogen-bond acceptors (Lipinski definition) is 3. The second kappa shape index (κ2) is 7.48. The molecule has 0 bridgehead atoms. The van der Waals surface area contributed by atoms with Crippen molar-refractivity contribution in [1.29, 1.82) is 0 Å². The topological polar surface area (TPSA) is 50.4 Å². The molecule has 0 spiro atoms. The van der Waals surface area contributed by atoms with E-state index < -0.39 is 5.60 Å². The van der Waals surface area contributed by atoms with E-state index in [1.807, 2.05) is 20.8 Å². The number of piperidine rings is 1. The fourth-order valence-corrected chi connectivity index (χ4v) is 3.61. The van der Waals surface area contributed by atoms with Crippen LogP contribution in [0.2, 0.25) is 0 Å². The van der Waals surface area contributed by atoms with Gasteiger partial charge >= 0.3 is 6.09 Å². The van der Waals surface area contributed by atoms with Crippen LogP contribution in [0.5, 0.6) is 0 Å². The van der Waals surface area contributed by atoms with Gasteiger partial charge in [0.05, 0.1) is 0 Å². The highest BCUT2D eigenvalue weighted by Gasteiger charge is 2.26. The number of amides is 1. The minimum Gasteiger partial charge on any atom is -0.444 e. The molecule has 21 heavy (non-hydrogen) atoms. The summed E-state index contributed by atoms with van der Waals surface area (Å²) in [5.74, 6) is 1.79. The van der Waals surface area contributed by atoms with Crippen LogP contribution in [-0.4, -0.2) is 30.8 Å². The number of alkyl carbamates (subject to hydrolysis) is 1. The lowest BCUT2D eigenvalue weighted by atomic mass is 9.78. The molecule has 0 atom stereocenters. The molecular weight excluding hydrogens is 264 g/mol. The normalized spacial score (nSPS) is 28.1. The Bertz CT molecular complexity index is 324. The van der Waals surface area contributed by atoms with Crippen molar-refractivity contribution < 1.29 is 9.53 Å². The summed E-state index contributed by atoms with van der Waals surface area (Å²) >= 11 is 0. The van der Waals surface area contributed by atoms with Gasteiger partial charge in [-0.05, 0) is 90.6 Å². The van der Waals surface area contributed by atoms with Crippen LogP contribution in [0, 0.1) is 11.8 Å². The molecule has 1 aliphatic heterocycles. The molecule has 1 heterocycles. The molecule has 0 radical (unpaired) electrons. The van der Waals surface area contributed by atoms with Crippen molar-refractivity contribution in [3.63, 3.8) is 0 Å². The molecule has 1 aliphatic carbocycles. The van der Waals surface area contributed by atoms with E-state index in [2.05, 4.69) is 10.6 Å². The molecule has 2 aliphatic rings. The van der Waals surface area contributed by atoms with E-state index >= 15 is 0 Å². The fourth-order valence-electron chi connectivity index (χ4n) is 3.61. The molecule has 2 N–H and O–H groups in total. The maximum atomic E-state index is 11.8. The molecule has 2 rings (SSSR count). The van der Waals surface area contributed by atoms with Crippen LogP contribution in [0.3, 0.4) is 0 Å². The maximum Gasteiger partial charge on any atom is 0.407 e. The van der Waals surface area contributed by atoms with Gasteiger partial charge in [0, 0.05) is 6.04 Å². The summed E-state index contributed by atoms with van der Waals surface area (Å²) < 4.78 is 5.33. The first-order chi connectivity index (χ1) is 9.92. The molecule has 0 aromatic rings. The molecule has 4 heteroatoms. The second-order valence-electron chi connectivity index (χ2n) is 7.79. The van der Waals surface area contributed by atoms with Crippen LogP contribution in [-0.2, 0) is 4.74 Å². The summed E-state index contributed by atoms with van der Waals surface area (Å²) in [7, 11) is 0. The standard InChI is InChI=1S/C17H32N2O2/c1-17(2,3)21-16(20)19-15-6-4-13(5-7-15)12-14-8-10-18-11-9-14/h13-15,18H,4-12H2,1-3H3,(H,19,20). The zero-order valence-electron chi connectivity index (χ0n) is 13.9. The number of carbonyl (C=O) groups excluding carboxylic acids is 1. The molecule has 0 aromatic carbocycles. The molecule has 0 unspecified atom stereocenters. The third-order valence-corrected chi connectivity index (χ3v) is 4.69. The Hall–Kier alpha value is -0.770. The summed E-state index contributed by atoms with van der Waals surface area (Å²) in [4.78, 5) is 11.8. The average molecular weight is 296 g/mol. The van der Waals surface area contributed by atoms with Crippen LogP contribution in [0.15, 0.2) is 0 Å². The van der Waals surface area contributed by atoms with Gasteiger partial charge in [-0.3, -0.25) is 0 Å². The third kappa shape index (κ3) is 6.25. The number of hydrogen-bond donors (Lipinski definition) is 2. The van der Waals surface area contributed by atoms with Crippen LogP contribution in [0.1, 0.15) is 65.7 Å². The largest absolute Gasteiger partial charge is 0.444 e. The Morgan fingerprint density at radius 3 is 2.19 bits per heavy atom. The Kier molecular flexibility index (Phi) is 5.91. The Morgan fingerprint density at radius 1 is 1.05 bits per heavy atom. The van der Waals surface area contributed by atoms with Crippen molar-refractivity contribution in [3.05, 3.63) is 0 Å². The van der Waals surface area contributed by atoms with E-state index in [1.54, 1.807) is 0 Å². The lowest BCUT2D eigenvalue weighted by molar-refractivity contribution is 0.0485. The van der Waals surface area contributed by atoms with Gasteiger partial charge < -0.3 is 15.4 Å². The van der Waals surface area contributed by atoms with Gasteiger partial charge in [-0.1, -0.05) is 0 Å². The zero-order chi connectivity index (χ0) is 15.3. The van der Waals surface area contributed by atoms with Crippen LogP contribution in [0.25, 0.3) is 0 Å². The number of carbonyl (C=O) groups is 1. The molecule has 1 amide bonds. The highest BCUT2D eigenvalue weighted by atomic mass is 16.6. The van der Waals surface area contributed by atoms with Crippen molar-refractivity contribution in [2.45, 2.75) is 77.4 Å². The molecule has 2 fully saturated rings. The van der Waals surface area contributed by atoms with E-state index in [9.17, 15) is 4.79 Å². The van der Waals surface area contributed by atoms with Gasteiger partial charge in [-0.25, -0.2) is 4.79 Å². The molecule has 1 saturated carbocycles. The van der Waals surface area contributed by atoms with Gasteiger partial charge in [-0.2, -0.15) is 0 Å². The summed E-state index contributed by atoms with van der Waals surface area (Å²) in [5.41, 5.74) is -0.406. The highest BCUT2D eigenvalue weighted by molar-refractivity contribution is 5.68. The number of rotatable bonds is 3. The molecule has 1 saturated heterocycles. The Balaban J connectivity index is 1.64. The summed E-state index contributed by atoms with van der Waals surface area (Å²) in [5, 5.41) is 6.47. The lowest BCUT2D eigenvalue weighted by Gasteiger charge is -2.33. The van der Waals surface area contributed by atoms with E-state index in [0.717, 1.165) is 24.7 Å². The van der Waals surface area contributed by atoms with Gasteiger partial charge in [0.1, 0.15) is 5.60 Å². The number of ether oxygens (including phenoxy) is 1. The summed E-state index contributed by atoms with van der Waals surface area (Å²) in [6.07, 6.45) is 8.54. The molecule has 122 valence electrons. The van der Waals surface area contributed by atoms with Crippen molar-refractivity contribution >= 4 is 6.09 Å². The van der Waals surface area contributed by atoms with Crippen molar-refractivity contribution in [1.82, 2.24) is 10.6 Å². The van der Waals surface area contributed by atoms with Gasteiger partial charge in [0.25, 0.3) is 0 Å². The van der Waals surface area contributed by atoms with E-state index in [1.165, 1.54) is 45.2 Å². The SMILES string of the molecule is CC(C)(C)OC(=O)NC1CCC(CC2CCNCC2)CC1. The van der Waals surface area contributed by atoms with E-state index in [0.29, 0.717) is 6.04 Å². The first-order valence-corrected chi connectivity index (χ1v) is 8.62. The lowest BCUT2D eigenvalue weighted by Crippen LogP contribution is -2.41. The smallest absolute Gasteiger partial charge is 0.407 e. The first-order valence-electron chi connectivity index (χ1n) is 8.62. The summed E-state index contributed by atoms with van der Waals surface area (Å²) in [6, 6.07) is 0.309. The zero-order valence-corrected chi connectivity index (χ0v) is 13.9. The van der Waals surface area contributed by atoms with E-state index in [-0.39, 0.29) is 6.09 Å². The van der Waals surface area contributed by atoms with Gasteiger partial charge in [0.2, 0.25) is 0 Å². The predicted octanol–water partition coefficient (Wildman–Crippen LogP) is 3.46. The molecule has 4 nitrogen and oxygen atoms in total. The highest BCUT2D eigenvalue weighted by Crippen LogP contribution is 2.32. The third-order valence-electron chi connectivity index (χ3n) is 4.69. The van der Waals surface area contributed by atoms with Gasteiger partial charge in [-0.15, -0.1) is 0 Å². The van der Waals surface area contributed by atoms with Crippen LogP contribution >= 0.6 is 0 Å². The Morgan fingerprint density at radius 2 is 1.62 bits per heavy atom. The van der Waals surface area contributed by atoms with E-state index in [4.69, 9.17) is 4.74 Å². The average Bonchev–Trinajstić information content (AvgIpc) is 2.40. The van der Waals surface area contributed by atoms with Crippen LogP contribution in [0.4, 0.5) is 4.79 Å². The first kappa shape index (κ1) is 16.6. The monoisotopic (exact) mass is 296 g/mol. The predicted molar refractivity (Wildman–Crippen MR) is 85.3 cm³/mol. The Labute approximate surface area is 129 Å². The minimum atomic E-state index is -0.406. The van der Waals surface area contributed by atoms with Crippen LogP contribution < -0.4 is 10.6 Å². The van der Waals surface area contributed by atoms with Crippen molar-refractivity contribution in [2.75, 3.05) is 13.1 Å². The number of nitrogens with one attached hydrogen (secondary N) is 2. The minimum absolute atomic E-state index is 0.260.